The highest BCUT2D eigenvalue weighted by molar-refractivity contribution is 5.28. The first-order chi connectivity index (χ1) is 6.19. The van der Waals surface area contributed by atoms with Crippen molar-refractivity contribution in [2.24, 2.45) is 0 Å². The number of hydrogen-bond donors (Lipinski definition) is 2. The molecule has 13 heavy (non-hydrogen) atoms. The zero-order valence-corrected chi connectivity index (χ0v) is 7.73. The van der Waals surface area contributed by atoms with E-state index in [0.717, 1.165) is 0 Å². The van der Waals surface area contributed by atoms with Crippen LogP contribution >= 0.6 is 0 Å². The molecule has 1 aliphatic rings. The van der Waals surface area contributed by atoms with Crippen molar-refractivity contribution in [1.82, 2.24) is 0 Å². The van der Waals surface area contributed by atoms with E-state index in [9.17, 15) is 10.2 Å². The zero-order chi connectivity index (χ0) is 9.84. The third-order valence-corrected chi connectivity index (χ3v) is 1.91. The topological polar surface area (TPSA) is 58.9 Å². The molecule has 0 heterocycles. The number of ether oxygens (including phenoxy) is 2. The van der Waals surface area contributed by atoms with Crippen LogP contribution in [0.25, 0.3) is 0 Å². The lowest BCUT2D eigenvalue weighted by Crippen LogP contribution is -2.23. The van der Waals surface area contributed by atoms with Crippen LogP contribution in [0, 0.1) is 0 Å². The SMILES string of the molecule is COCC1=CC(O)C(OC)=CC1O. The number of hydrogen-bond acceptors (Lipinski definition) is 4. The maximum Gasteiger partial charge on any atom is 0.129 e. The molecule has 0 amide bonds. The molecule has 0 saturated carbocycles. The Kier molecular flexibility index (Phi) is 3.48. The fraction of sp³-hybridized carbons (Fsp3) is 0.556. The van der Waals surface area contributed by atoms with Gasteiger partial charge in [0.05, 0.1) is 19.8 Å². The molecule has 2 N–H and O–H groups in total. The molecule has 0 spiro atoms. The number of rotatable bonds is 3. The van der Waals surface area contributed by atoms with E-state index in [1.165, 1.54) is 26.4 Å². The van der Waals surface area contributed by atoms with Gasteiger partial charge in [0.2, 0.25) is 0 Å². The summed E-state index contributed by atoms with van der Waals surface area (Å²) in [6.45, 7) is 0.311. The summed E-state index contributed by atoms with van der Waals surface area (Å²) in [4.78, 5) is 0. The van der Waals surface area contributed by atoms with Gasteiger partial charge in [0.25, 0.3) is 0 Å². The van der Waals surface area contributed by atoms with E-state index in [2.05, 4.69) is 0 Å². The Morgan fingerprint density at radius 1 is 1.23 bits per heavy atom. The van der Waals surface area contributed by atoms with E-state index in [0.29, 0.717) is 17.9 Å². The van der Waals surface area contributed by atoms with Gasteiger partial charge in [-0.15, -0.1) is 0 Å². The lowest BCUT2D eigenvalue weighted by Gasteiger charge is -2.21. The van der Waals surface area contributed by atoms with Gasteiger partial charge in [-0.25, -0.2) is 0 Å². The maximum atomic E-state index is 9.50. The zero-order valence-electron chi connectivity index (χ0n) is 7.73. The number of aliphatic hydroxyl groups is 2. The minimum atomic E-state index is -0.779. The number of aliphatic hydroxyl groups excluding tert-OH is 2. The second kappa shape index (κ2) is 4.41. The van der Waals surface area contributed by atoms with Crippen LogP contribution in [0.15, 0.2) is 23.5 Å². The third kappa shape index (κ3) is 2.30. The summed E-state index contributed by atoms with van der Waals surface area (Å²) in [6, 6.07) is 0. The summed E-state index contributed by atoms with van der Waals surface area (Å²) in [6.07, 6.45) is 1.50. The molecule has 1 aliphatic carbocycles. The molecule has 0 saturated heterocycles. The summed E-state index contributed by atoms with van der Waals surface area (Å²) in [5.74, 6) is 0.368. The molecule has 0 bridgehead atoms. The van der Waals surface area contributed by atoms with Crippen LogP contribution in [0.4, 0.5) is 0 Å². The van der Waals surface area contributed by atoms with Crippen molar-refractivity contribution >= 4 is 0 Å². The molecular weight excluding hydrogens is 172 g/mol. The van der Waals surface area contributed by atoms with Crippen molar-refractivity contribution in [1.29, 1.82) is 0 Å². The minimum absolute atomic E-state index is 0.311. The first-order valence-electron chi connectivity index (χ1n) is 4.00. The van der Waals surface area contributed by atoms with Crippen molar-refractivity contribution in [3.63, 3.8) is 0 Å². The Morgan fingerprint density at radius 3 is 2.46 bits per heavy atom. The third-order valence-electron chi connectivity index (χ3n) is 1.91. The molecule has 2 unspecified atom stereocenters. The highest BCUT2D eigenvalue weighted by atomic mass is 16.5. The second-order valence-electron chi connectivity index (χ2n) is 2.84. The van der Waals surface area contributed by atoms with Crippen molar-refractivity contribution in [3.8, 4) is 0 Å². The standard InChI is InChI=1S/C9H14O4/c1-12-5-6-3-8(11)9(13-2)4-7(6)10/h3-4,7-8,10-11H,5H2,1-2H3. The second-order valence-corrected chi connectivity index (χ2v) is 2.84. The molecule has 4 heteroatoms. The van der Waals surface area contributed by atoms with Crippen LogP contribution in [-0.2, 0) is 9.47 Å². The van der Waals surface area contributed by atoms with E-state index in [4.69, 9.17) is 9.47 Å². The molecule has 74 valence electrons. The Morgan fingerprint density at radius 2 is 1.92 bits per heavy atom. The normalized spacial score (nSPS) is 28.0. The van der Waals surface area contributed by atoms with E-state index in [1.807, 2.05) is 0 Å². The Bertz CT molecular complexity index is 232. The van der Waals surface area contributed by atoms with Crippen LogP contribution in [0.1, 0.15) is 0 Å². The quantitative estimate of drug-likeness (QED) is 0.600. The van der Waals surface area contributed by atoms with Gasteiger partial charge in [-0.05, 0) is 17.7 Å². The molecule has 0 aliphatic heterocycles. The summed E-state index contributed by atoms with van der Waals surface area (Å²) in [7, 11) is 2.99. The fourth-order valence-electron chi connectivity index (χ4n) is 1.23. The van der Waals surface area contributed by atoms with Gasteiger partial charge in [0, 0.05) is 7.11 Å². The van der Waals surface area contributed by atoms with Gasteiger partial charge in [-0.2, -0.15) is 0 Å². The van der Waals surface area contributed by atoms with Crippen molar-refractivity contribution < 1.29 is 19.7 Å². The van der Waals surface area contributed by atoms with Crippen molar-refractivity contribution in [3.05, 3.63) is 23.5 Å². The largest absolute Gasteiger partial charge is 0.498 e. The van der Waals surface area contributed by atoms with Crippen LogP contribution in [0.5, 0.6) is 0 Å². The van der Waals surface area contributed by atoms with Crippen LogP contribution in [-0.4, -0.2) is 43.2 Å². The van der Waals surface area contributed by atoms with Crippen LogP contribution in [0.2, 0.25) is 0 Å². The Balaban J connectivity index is 2.72. The average molecular weight is 186 g/mol. The lowest BCUT2D eigenvalue weighted by atomic mass is 10.0. The summed E-state index contributed by atoms with van der Waals surface area (Å²) < 4.78 is 9.73. The molecule has 4 nitrogen and oxygen atoms in total. The first kappa shape index (κ1) is 10.2. The van der Waals surface area contributed by atoms with Crippen LogP contribution < -0.4 is 0 Å². The molecule has 0 aromatic carbocycles. The van der Waals surface area contributed by atoms with Crippen molar-refractivity contribution in [2.75, 3.05) is 20.8 Å². The smallest absolute Gasteiger partial charge is 0.129 e. The van der Waals surface area contributed by atoms with Gasteiger partial charge in [0.15, 0.2) is 0 Å². The molecule has 0 aromatic rings. The van der Waals surface area contributed by atoms with E-state index in [1.54, 1.807) is 0 Å². The monoisotopic (exact) mass is 186 g/mol. The van der Waals surface area contributed by atoms with Gasteiger partial charge < -0.3 is 19.7 Å². The first-order valence-corrected chi connectivity index (χ1v) is 4.00. The Labute approximate surface area is 77.1 Å². The van der Waals surface area contributed by atoms with E-state index < -0.39 is 12.2 Å². The van der Waals surface area contributed by atoms with Gasteiger partial charge >= 0.3 is 0 Å². The van der Waals surface area contributed by atoms with E-state index >= 15 is 0 Å². The molecule has 2 atom stereocenters. The van der Waals surface area contributed by atoms with Gasteiger partial charge in [-0.1, -0.05) is 0 Å². The minimum Gasteiger partial charge on any atom is -0.498 e. The molecular formula is C9H14O4. The highest BCUT2D eigenvalue weighted by Crippen LogP contribution is 2.18. The van der Waals surface area contributed by atoms with Crippen LogP contribution in [0.3, 0.4) is 0 Å². The molecule has 0 radical (unpaired) electrons. The highest BCUT2D eigenvalue weighted by Gasteiger charge is 2.21. The molecule has 1 rings (SSSR count). The molecule has 0 aromatic heterocycles. The molecule has 0 fully saturated rings. The summed E-state index contributed by atoms with van der Waals surface area (Å²) in [5, 5.41) is 19.0. The van der Waals surface area contributed by atoms with E-state index in [-0.39, 0.29) is 0 Å². The van der Waals surface area contributed by atoms with Crippen molar-refractivity contribution in [2.45, 2.75) is 12.2 Å². The summed E-state index contributed by atoms with van der Waals surface area (Å²) in [5.41, 5.74) is 0.649. The fourth-order valence-corrected chi connectivity index (χ4v) is 1.23. The van der Waals surface area contributed by atoms with Gasteiger partial charge in [0.1, 0.15) is 11.9 Å². The Hall–Kier alpha value is -0.840. The predicted octanol–water partition coefficient (Wildman–Crippen LogP) is -0.175. The maximum absolute atomic E-state index is 9.50. The predicted molar refractivity (Wildman–Crippen MR) is 47.1 cm³/mol. The lowest BCUT2D eigenvalue weighted by molar-refractivity contribution is 0.132. The average Bonchev–Trinajstić information content (AvgIpc) is 2.11. The number of methoxy groups -OCH3 is 2. The summed E-state index contributed by atoms with van der Waals surface area (Å²) >= 11 is 0. The van der Waals surface area contributed by atoms with Gasteiger partial charge in [-0.3, -0.25) is 0 Å².